The number of carbonyl (C=O) groups is 3. The molecule has 2 amide bonds. The molecule has 1 aromatic carbocycles. The summed E-state index contributed by atoms with van der Waals surface area (Å²) in [6, 6.07) is 2.30. The van der Waals surface area contributed by atoms with E-state index in [1.54, 1.807) is 17.0 Å². The van der Waals surface area contributed by atoms with Crippen LogP contribution >= 0.6 is 0 Å². The van der Waals surface area contributed by atoms with Crippen LogP contribution in [-0.4, -0.2) is 116 Å². The number of hydrogen-bond acceptors (Lipinski definition) is 9. The maximum Gasteiger partial charge on any atom is 0.247 e. The summed E-state index contributed by atoms with van der Waals surface area (Å²) >= 11 is 0. The number of methoxy groups -OCH3 is 1. The number of amides is 2. The molecule has 3 aliphatic rings. The Morgan fingerprint density at radius 3 is 2.64 bits per heavy atom. The molecule has 0 bridgehead atoms. The molecule has 1 fully saturated rings. The van der Waals surface area contributed by atoms with Gasteiger partial charge in [-0.2, -0.15) is 0 Å². The number of aldehydes is 1. The van der Waals surface area contributed by atoms with E-state index in [-0.39, 0.29) is 24.6 Å². The molecule has 1 saturated heterocycles. The molecule has 3 N–H and O–H groups in total. The highest BCUT2D eigenvalue weighted by molar-refractivity contribution is 5.97. The Hall–Kier alpha value is -3.25. The zero-order valence-corrected chi connectivity index (χ0v) is 22.6. The Labute approximate surface area is 228 Å². The van der Waals surface area contributed by atoms with Gasteiger partial charge in [0, 0.05) is 55.5 Å². The molecule has 1 aliphatic carbocycles. The van der Waals surface area contributed by atoms with Crippen LogP contribution in [0, 0.1) is 0 Å². The third-order valence-electron chi connectivity index (χ3n) is 7.23. The molecule has 1 aromatic rings. The topological polar surface area (TPSA) is 138 Å². The van der Waals surface area contributed by atoms with Gasteiger partial charge in [0.2, 0.25) is 11.8 Å². The number of nitrogens with zero attached hydrogens (tertiary/aromatic N) is 2. The first-order valence-corrected chi connectivity index (χ1v) is 13.2. The number of morpholine rings is 1. The first kappa shape index (κ1) is 28.8. The molecule has 39 heavy (non-hydrogen) atoms. The molecular formula is C28H37N3O8. The first-order chi connectivity index (χ1) is 18.8. The average Bonchev–Trinajstić information content (AvgIpc) is 3.32. The molecule has 2 aliphatic heterocycles. The second-order valence-electron chi connectivity index (χ2n) is 10.1. The Morgan fingerprint density at radius 1 is 1.26 bits per heavy atom. The molecule has 0 aromatic heterocycles. The number of ether oxygens (including phenoxy) is 3. The molecule has 212 valence electrons. The van der Waals surface area contributed by atoms with E-state index in [2.05, 4.69) is 10.2 Å². The summed E-state index contributed by atoms with van der Waals surface area (Å²) in [6.45, 7) is 7.02. The predicted molar refractivity (Wildman–Crippen MR) is 142 cm³/mol. The molecule has 4 atom stereocenters. The third kappa shape index (κ3) is 6.17. The number of carbonyl (C=O) groups excluding carboxylic acids is 3. The maximum atomic E-state index is 13.4. The molecule has 0 radical (unpaired) electrons. The van der Waals surface area contributed by atoms with Gasteiger partial charge < -0.3 is 34.6 Å². The Balaban J connectivity index is 1.76. The lowest BCUT2D eigenvalue weighted by molar-refractivity contribution is -0.132. The van der Waals surface area contributed by atoms with Gasteiger partial charge in [-0.25, -0.2) is 0 Å². The summed E-state index contributed by atoms with van der Waals surface area (Å²) in [7, 11) is 1.45. The number of allylic oxidation sites excluding steroid dienone is 1. The minimum atomic E-state index is -1.18. The monoisotopic (exact) mass is 543 g/mol. The number of aliphatic hydroxyl groups is 2. The van der Waals surface area contributed by atoms with Crippen LogP contribution in [0.2, 0.25) is 0 Å². The summed E-state index contributed by atoms with van der Waals surface area (Å²) in [5, 5.41) is 23.7. The Kier molecular flexibility index (Phi) is 9.39. The second-order valence-corrected chi connectivity index (χ2v) is 10.1. The number of fused-ring (bicyclic) bond motifs is 3. The number of nitrogens with one attached hydrogen (secondary N) is 1. The van der Waals surface area contributed by atoms with Gasteiger partial charge in [0.25, 0.3) is 0 Å². The second kappa shape index (κ2) is 12.7. The summed E-state index contributed by atoms with van der Waals surface area (Å²) in [6.07, 6.45) is 1.72. The number of hydrogen-bond donors (Lipinski definition) is 3. The van der Waals surface area contributed by atoms with E-state index < -0.39 is 30.1 Å². The fourth-order valence-corrected chi connectivity index (χ4v) is 5.37. The summed E-state index contributed by atoms with van der Waals surface area (Å²) < 4.78 is 17.1. The summed E-state index contributed by atoms with van der Waals surface area (Å²) in [5.74, 6) is -0.792. The Morgan fingerprint density at radius 2 is 2.00 bits per heavy atom. The standard InChI is InChI=1S/C28H37N3O8/c1-17(2)12-23(34)31(6-5-30-7-10-38-11-8-30)21-15-20(28(36)29-4-9-32)24-19-13-18(16-33)14-22(37-3)26(19)39-27(24)25(21)35/h12-16,21,24-25,27,32,35H,4-11H2,1-3H3,(H,29,36). The van der Waals surface area contributed by atoms with Crippen LogP contribution in [0.4, 0.5) is 0 Å². The molecule has 4 unspecified atom stereocenters. The molecule has 11 nitrogen and oxygen atoms in total. The lowest BCUT2D eigenvalue weighted by Gasteiger charge is -2.41. The van der Waals surface area contributed by atoms with Crippen molar-refractivity contribution in [2.24, 2.45) is 0 Å². The van der Waals surface area contributed by atoms with Gasteiger partial charge in [-0.3, -0.25) is 19.3 Å². The van der Waals surface area contributed by atoms with Crippen molar-refractivity contribution in [3.8, 4) is 11.5 Å². The van der Waals surface area contributed by atoms with Crippen molar-refractivity contribution in [2.75, 3.05) is 59.7 Å². The highest BCUT2D eigenvalue weighted by Gasteiger charge is 2.51. The van der Waals surface area contributed by atoms with E-state index in [1.807, 2.05) is 13.8 Å². The summed E-state index contributed by atoms with van der Waals surface area (Å²) in [4.78, 5) is 42.2. The summed E-state index contributed by atoms with van der Waals surface area (Å²) in [5.41, 5.74) is 1.97. The van der Waals surface area contributed by atoms with Crippen LogP contribution in [0.25, 0.3) is 0 Å². The van der Waals surface area contributed by atoms with Crippen LogP contribution in [0.3, 0.4) is 0 Å². The number of benzene rings is 1. The van der Waals surface area contributed by atoms with E-state index in [0.29, 0.717) is 55.2 Å². The van der Waals surface area contributed by atoms with Crippen LogP contribution in [0.1, 0.15) is 35.7 Å². The normalized spacial score (nSPS) is 24.0. The van der Waals surface area contributed by atoms with Crippen molar-refractivity contribution in [1.29, 1.82) is 0 Å². The third-order valence-corrected chi connectivity index (χ3v) is 7.23. The van der Waals surface area contributed by atoms with Crippen molar-refractivity contribution < 1.29 is 38.8 Å². The number of aliphatic hydroxyl groups excluding tert-OH is 2. The van der Waals surface area contributed by atoms with Crippen LogP contribution in [0.5, 0.6) is 11.5 Å². The molecule has 2 heterocycles. The highest BCUT2D eigenvalue weighted by atomic mass is 16.5. The fourth-order valence-electron chi connectivity index (χ4n) is 5.37. The largest absolute Gasteiger partial charge is 0.493 e. The van der Waals surface area contributed by atoms with Gasteiger partial charge in [0.1, 0.15) is 18.5 Å². The maximum absolute atomic E-state index is 13.4. The van der Waals surface area contributed by atoms with E-state index in [0.717, 1.165) is 18.7 Å². The average molecular weight is 544 g/mol. The van der Waals surface area contributed by atoms with Crippen LogP contribution in [0.15, 0.2) is 35.4 Å². The van der Waals surface area contributed by atoms with E-state index in [9.17, 15) is 24.6 Å². The van der Waals surface area contributed by atoms with Crippen molar-refractivity contribution in [2.45, 2.75) is 38.0 Å². The van der Waals surface area contributed by atoms with Gasteiger partial charge in [-0.15, -0.1) is 0 Å². The van der Waals surface area contributed by atoms with Crippen molar-refractivity contribution >= 4 is 18.1 Å². The van der Waals surface area contributed by atoms with Gasteiger partial charge >= 0.3 is 0 Å². The van der Waals surface area contributed by atoms with Crippen molar-refractivity contribution in [3.05, 3.63) is 46.6 Å². The predicted octanol–water partition coefficient (Wildman–Crippen LogP) is 0.257. The number of rotatable bonds is 10. The van der Waals surface area contributed by atoms with Crippen molar-refractivity contribution in [3.63, 3.8) is 0 Å². The molecule has 4 rings (SSSR count). The zero-order chi connectivity index (χ0) is 28.1. The Bertz CT molecular complexity index is 1140. The minimum absolute atomic E-state index is 0.0314. The first-order valence-electron chi connectivity index (χ1n) is 13.2. The van der Waals surface area contributed by atoms with Gasteiger partial charge in [-0.1, -0.05) is 5.57 Å². The van der Waals surface area contributed by atoms with Crippen molar-refractivity contribution in [1.82, 2.24) is 15.1 Å². The van der Waals surface area contributed by atoms with E-state index in [4.69, 9.17) is 14.2 Å². The smallest absolute Gasteiger partial charge is 0.247 e. The van der Waals surface area contributed by atoms with Gasteiger partial charge in [0.05, 0.1) is 38.9 Å². The minimum Gasteiger partial charge on any atom is -0.493 e. The quantitative estimate of drug-likeness (QED) is 0.280. The highest BCUT2D eigenvalue weighted by Crippen LogP contribution is 2.51. The van der Waals surface area contributed by atoms with Crippen LogP contribution in [-0.2, 0) is 14.3 Å². The van der Waals surface area contributed by atoms with Gasteiger partial charge in [-0.05, 0) is 32.1 Å². The lowest BCUT2D eigenvalue weighted by atomic mass is 9.77. The fraction of sp³-hybridized carbons (Fsp3) is 0.536. The molecule has 11 heteroatoms. The molecular weight excluding hydrogens is 506 g/mol. The lowest BCUT2D eigenvalue weighted by Crippen LogP contribution is -2.57. The van der Waals surface area contributed by atoms with E-state index in [1.165, 1.54) is 19.3 Å². The SMILES string of the molecule is COc1cc(C=O)cc2c1OC1C2C(C(=O)NCCO)=CC(N(CCN2CCOCC2)C(=O)C=C(C)C)C1O. The molecule has 0 saturated carbocycles. The molecule has 0 spiro atoms. The van der Waals surface area contributed by atoms with E-state index >= 15 is 0 Å². The van der Waals surface area contributed by atoms with Gasteiger partial charge in [0.15, 0.2) is 11.5 Å². The van der Waals surface area contributed by atoms with Crippen LogP contribution < -0.4 is 14.8 Å². The zero-order valence-electron chi connectivity index (χ0n) is 22.6.